The molecule has 13 heavy (non-hydrogen) atoms. The molecule has 1 heterocycles. The van der Waals surface area contributed by atoms with Crippen LogP contribution in [-0.4, -0.2) is 20.9 Å². The van der Waals surface area contributed by atoms with Gasteiger partial charge < -0.3 is 0 Å². The number of hydrogen-bond acceptors (Lipinski definition) is 4. The van der Waals surface area contributed by atoms with Gasteiger partial charge in [-0.1, -0.05) is 41.1 Å². The van der Waals surface area contributed by atoms with E-state index in [4.69, 9.17) is 0 Å². The van der Waals surface area contributed by atoms with Crippen LogP contribution in [0.5, 0.6) is 0 Å². The van der Waals surface area contributed by atoms with Gasteiger partial charge in [-0.25, -0.2) is 0 Å². The van der Waals surface area contributed by atoms with Gasteiger partial charge in [0.25, 0.3) is 0 Å². The summed E-state index contributed by atoms with van der Waals surface area (Å²) in [6.45, 7) is 3.94. The van der Waals surface area contributed by atoms with Crippen LogP contribution < -0.4 is 5.32 Å². The van der Waals surface area contributed by atoms with E-state index in [1.807, 2.05) is 13.8 Å². The molecule has 72 valence electrons. The minimum absolute atomic E-state index is 0.0771. The van der Waals surface area contributed by atoms with Crippen molar-refractivity contribution in [1.29, 1.82) is 0 Å². The quantitative estimate of drug-likeness (QED) is 0.848. The van der Waals surface area contributed by atoms with Crippen LogP contribution in [0.15, 0.2) is 5.51 Å². The minimum atomic E-state index is -0.184. The van der Waals surface area contributed by atoms with Crippen LogP contribution in [0, 0.1) is 5.92 Å². The third-order valence-electron chi connectivity index (χ3n) is 1.43. The molecule has 0 saturated heterocycles. The van der Waals surface area contributed by atoms with Gasteiger partial charge in [0.2, 0.25) is 11.0 Å². The number of carbonyl (C=O) groups is 1. The Balaban J connectivity index is 2.51. The molecule has 1 atom stereocenters. The van der Waals surface area contributed by atoms with E-state index in [-0.39, 0.29) is 16.7 Å². The van der Waals surface area contributed by atoms with Crippen LogP contribution in [0.2, 0.25) is 0 Å². The third-order valence-corrected chi connectivity index (χ3v) is 3.51. The van der Waals surface area contributed by atoms with Gasteiger partial charge in [0.1, 0.15) is 5.51 Å². The van der Waals surface area contributed by atoms with Gasteiger partial charge >= 0.3 is 0 Å². The van der Waals surface area contributed by atoms with E-state index in [1.54, 1.807) is 5.51 Å². The maximum absolute atomic E-state index is 11.4. The second kappa shape index (κ2) is 4.66. The summed E-state index contributed by atoms with van der Waals surface area (Å²) in [4.78, 5) is 11.2. The molecule has 0 spiro atoms. The molecule has 0 aromatic carbocycles. The highest BCUT2D eigenvalue weighted by Gasteiger charge is 2.19. The van der Waals surface area contributed by atoms with Crippen LogP contribution >= 0.6 is 27.3 Å². The molecule has 1 amide bonds. The van der Waals surface area contributed by atoms with Crippen LogP contribution in [0.3, 0.4) is 0 Å². The molecule has 1 unspecified atom stereocenters. The standard InChI is InChI=1S/C7H10BrN3OS/c1-4(2)5(8)6(12)10-7-11-9-3-13-7/h3-5H,1-2H3,(H,10,11,12). The molecule has 1 rings (SSSR count). The van der Waals surface area contributed by atoms with E-state index >= 15 is 0 Å². The lowest BCUT2D eigenvalue weighted by Crippen LogP contribution is -2.26. The molecule has 0 aliphatic carbocycles. The molecule has 0 saturated carbocycles. The van der Waals surface area contributed by atoms with Crippen molar-refractivity contribution in [2.24, 2.45) is 5.92 Å². The number of nitrogens with one attached hydrogen (secondary N) is 1. The number of alkyl halides is 1. The lowest BCUT2D eigenvalue weighted by Gasteiger charge is -2.11. The zero-order valence-electron chi connectivity index (χ0n) is 7.32. The first-order valence-corrected chi connectivity index (χ1v) is 5.62. The Morgan fingerprint density at radius 3 is 2.85 bits per heavy atom. The summed E-state index contributed by atoms with van der Waals surface area (Å²) in [5.41, 5.74) is 1.58. The summed E-state index contributed by atoms with van der Waals surface area (Å²) in [7, 11) is 0. The van der Waals surface area contributed by atoms with Crippen molar-refractivity contribution in [3.8, 4) is 0 Å². The van der Waals surface area contributed by atoms with Gasteiger partial charge in [-0.3, -0.25) is 10.1 Å². The Morgan fingerprint density at radius 2 is 2.38 bits per heavy atom. The van der Waals surface area contributed by atoms with Gasteiger partial charge in [0.05, 0.1) is 4.83 Å². The van der Waals surface area contributed by atoms with E-state index < -0.39 is 0 Å². The molecule has 6 heteroatoms. The summed E-state index contributed by atoms with van der Waals surface area (Å²) in [5.74, 6) is 0.180. The van der Waals surface area contributed by atoms with E-state index in [1.165, 1.54) is 11.3 Å². The number of hydrogen-bond donors (Lipinski definition) is 1. The van der Waals surface area contributed by atoms with Crippen molar-refractivity contribution in [3.63, 3.8) is 0 Å². The predicted octanol–water partition coefficient (Wildman–Crippen LogP) is 1.90. The van der Waals surface area contributed by atoms with E-state index in [0.29, 0.717) is 5.13 Å². The smallest absolute Gasteiger partial charge is 0.240 e. The Morgan fingerprint density at radius 1 is 1.69 bits per heavy atom. The number of carbonyl (C=O) groups excluding carboxylic acids is 1. The zero-order valence-corrected chi connectivity index (χ0v) is 9.72. The fourth-order valence-electron chi connectivity index (χ4n) is 0.705. The zero-order chi connectivity index (χ0) is 9.84. The molecule has 1 N–H and O–H groups in total. The fraction of sp³-hybridized carbons (Fsp3) is 0.571. The van der Waals surface area contributed by atoms with Crippen LogP contribution in [0.25, 0.3) is 0 Å². The highest BCUT2D eigenvalue weighted by atomic mass is 79.9. The number of nitrogens with zero attached hydrogens (tertiary/aromatic N) is 2. The van der Waals surface area contributed by atoms with Crippen molar-refractivity contribution in [3.05, 3.63) is 5.51 Å². The maximum Gasteiger partial charge on any atom is 0.240 e. The molecule has 1 aromatic rings. The first-order valence-electron chi connectivity index (χ1n) is 3.82. The Labute approximate surface area is 88.9 Å². The number of aromatic nitrogens is 2. The van der Waals surface area contributed by atoms with Gasteiger partial charge in [0.15, 0.2) is 0 Å². The van der Waals surface area contributed by atoms with Crippen molar-refractivity contribution in [1.82, 2.24) is 10.2 Å². The molecule has 0 bridgehead atoms. The number of rotatable bonds is 3. The van der Waals surface area contributed by atoms with Gasteiger partial charge in [-0.05, 0) is 5.92 Å². The molecular weight excluding hydrogens is 254 g/mol. The average Bonchev–Trinajstić information content (AvgIpc) is 2.55. The molecule has 1 aromatic heterocycles. The topological polar surface area (TPSA) is 54.9 Å². The first kappa shape index (κ1) is 10.6. The monoisotopic (exact) mass is 263 g/mol. The lowest BCUT2D eigenvalue weighted by molar-refractivity contribution is -0.116. The number of amides is 1. The van der Waals surface area contributed by atoms with Gasteiger partial charge in [-0.2, -0.15) is 0 Å². The average molecular weight is 264 g/mol. The summed E-state index contributed by atoms with van der Waals surface area (Å²) in [6.07, 6.45) is 0. The molecule has 0 aliphatic rings. The molecular formula is C7H10BrN3OS. The Kier molecular flexibility index (Phi) is 3.80. The maximum atomic E-state index is 11.4. The van der Waals surface area contributed by atoms with E-state index in [2.05, 4.69) is 31.4 Å². The second-order valence-corrected chi connectivity index (χ2v) is 4.70. The van der Waals surface area contributed by atoms with Gasteiger partial charge in [-0.15, -0.1) is 10.2 Å². The van der Waals surface area contributed by atoms with Crippen LogP contribution in [0.1, 0.15) is 13.8 Å². The summed E-state index contributed by atoms with van der Waals surface area (Å²) in [6, 6.07) is 0. The number of anilines is 1. The van der Waals surface area contributed by atoms with E-state index in [9.17, 15) is 4.79 Å². The van der Waals surface area contributed by atoms with Crippen molar-refractivity contribution >= 4 is 38.3 Å². The third kappa shape index (κ3) is 3.04. The Hall–Kier alpha value is -0.490. The van der Waals surface area contributed by atoms with Crippen LogP contribution in [-0.2, 0) is 4.79 Å². The normalized spacial score (nSPS) is 12.9. The highest BCUT2D eigenvalue weighted by molar-refractivity contribution is 9.10. The molecule has 0 fully saturated rings. The van der Waals surface area contributed by atoms with Crippen molar-refractivity contribution in [2.45, 2.75) is 18.7 Å². The summed E-state index contributed by atoms with van der Waals surface area (Å²) in [5, 5.41) is 10.5. The van der Waals surface area contributed by atoms with E-state index in [0.717, 1.165) is 0 Å². The minimum Gasteiger partial charge on any atom is -0.300 e. The predicted molar refractivity (Wildman–Crippen MR) is 56.1 cm³/mol. The Bertz CT molecular complexity index is 275. The SMILES string of the molecule is CC(C)C(Br)C(=O)Nc1nncs1. The van der Waals surface area contributed by atoms with Crippen LogP contribution in [0.4, 0.5) is 5.13 Å². The fourth-order valence-corrected chi connectivity index (χ4v) is 1.27. The van der Waals surface area contributed by atoms with Crippen molar-refractivity contribution in [2.75, 3.05) is 5.32 Å². The highest BCUT2D eigenvalue weighted by Crippen LogP contribution is 2.15. The molecule has 0 radical (unpaired) electrons. The summed E-state index contributed by atoms with van der Waals surface area (Å²) < 4.78 is 0. The second-order valence-electron chi connectivity index (χ2n) is 2.88. The molecule has 4 nitrogen and oxygen atoms in total. The molecule has 0 aliphatic heterocycles. The first-order chi connectivity index (χ1) is 6.11. The largest absolute Gasteiger partial charge is 0.300 e. The number of halogens is 1. The lowest BCUT2D eigenvalue weighted by atomic mass is 10.1. The van der Waals surface area contributed by atoms with Crippen molar-refractivity contribution < 1.29 is 4.79 Å². The summed E-state index contributed by atoms with van der Waals surface area (Å²) >= 11 is 4.60. The van der Waals surface area contributed by atoms with Gasteiger partial charge in [0, 0.05) is 0 Å².